The third kappa shape index (κ3) is 4.07. The van der Waals surface area contributed by atoms with Crippen LogP contribution in [0.15, 0.2) is 0 Å². The Kier molecular flexibility index (Phi) is 4.90. The Hall–Kier alpha value is -0.610. The van der Waals surface area contributed by atoms with Crippen molar-refractivity contribution in [3.63, 3.8) is 0 Å². The molecule has 14 heavy (non-hydrogen) atoms. The molecular formula is C10H20N2O2. The lowest BCUT2D eigenvalue weighted by atomic mass is 9.99. The molecule has 0 radical (unpaired) electrons. The molecule has 1 aliphatic rings. The summed E-state index contributed by atoms with van der Waals surface area (Å²) in [5.74, 6) is 0.681. The summed E-state index contributed by atoms with van der Waals surface area (Å²) in [6.07, 6.45) is 0.759. The van der Waals surface area contributed by atoms with Gasteiger partial charge in [0.1, 0.15) is 0 Å². The third-order valence-electron chi connectivity index (χ3n) is 2.38. The molecule has 0 aliphatic carbocycles. The van der Waals surface area contributed by atoms with Crippen molar-refractivity contribution in [1.82, 2.24) is 10.6 Å². The van der Waals surface area contributed by atoms with Crippen LogP contribution in [0.2, 0.25) is 0 Å². The first-order chi connectivity index (χ1) is 6.72. The maximum absolute atomic E-state index is 11.4. The fraction of sp³-hybridized carbons (Fsp3) is 0.900. The number of ether oxygens (including phenoxy) is 1. The van der Waals surface area contributed by atoms with Gasteiger partial charge in [0.2, 0.25) is 5.91 Å². The maximum Gasteiger partial charge on any atom is 0.220 e. The first kappa shape index (κ1) is 11.5. The van der Waals surface area contributed by atoms with E-state index < -0.39 is 0 Å². The lowest BCUT2D eigenvalue weighted by Crippen LogP contribution is -2.45. The van der Waals surface area contributed by atoms with E-state index in [1.165, 1.54) is 0 Å². The van der Waals surface area contributed by atoms with Crippen LogP contribution >= 0.6 is 0 Å². The number of carbonyl (C=O) groups excluding carboxylic acids is 1. The zero-order valence-corrected chi connectivity index (χ0v) is 9.01. The molecule has 0 spiro atoms. The van der Waals surface area contributed by atoms with E-state index >= 15 is 0 Å². The average molecular weight is 200 g/mol. The van der Waals surface area contributed by atoms with Crippen LogP contribution in [0.5, 0.6) is 0 Å². The van der Waals surface area contributed by atoms with E-state index in [1.54, 1.807) is 0 Å². The Bertz CT molecular complexity index is 181. The molecule has 0 saturated carbocycles. The van der Waals surface area contributed by atoms with Crippen LogP contribution in [0.25, 0.3) is 0 Å². The Morgan fingerprint density at radius 1 is 1.64 bits per heavy atom. The Morgan fingerprint density at radius 2 is 2.36 bits per heavy atom. The van der Waals surface area contributed by atoms with Crippen molar-refractivity contribution >= 4 is 5.91 Å². The molecule has 0 aromatic carbocycles. The van der Waals surface area contributed by atoms with Gasteiger partial charge in [0.15, 0.2) is 0 Å². The molecule has 4 nitrogen and oxygen atoms in total. The highest BCUT2D eigenvalue weighted by Crippen LogP contribution is 2.07. The third-order valence-corrected chi connectivity index (χ3v) is 2.38. The number of hydrogen-bond acceptors (Lipinski definition) is 3. The van der Waals surface area contributed by atoms with Gasteiger partial charge in [-0.25, -0.2) is 0 Å². The highest BCUT2D eigenvalue weighted by atomic mass is 16.5. The van der Waals surface area contributed by atoms with Gasteiger partial charge in [0, 0.05) is 19.6 Å². The van der Waals surface area contributed by atoms with E-state index in [1.807, 2.05) is 13.8 Å². The first-order valence-electron chi connectivity index (χ1n) is 5.31. The minimum atomic E-state index is 0.114. The summed E-state index contributed by atoms with van der Waals surface area (Å²) in [6, 6.07) is 0. The van der Waals surface area contributed by atoms with Crippen LogP contribution in [0.1, 0.15) is 20.3 Å². The largest absolute Gasteiger partial charge is 0.377 e. The molecular weight excluding hydrogens is 180 g/mol. The second kappa shape index (κ2) is 5.98. The molecule has 2 N–H and O–H groups in total. The number of amides is 1. The Labute approximate surface area is 85.4 Å². The minimum absolute atomic E-state index is 0.114. The van der Waals surface area contributed by atoms with E-state index in [0.29, 0.717) is 25.5 Å². The lowest BCUT2D eigenvalue weighted by molar-refractivity contribution is -0.123. The zero-order valence-electron chi connectivity index (χ0n) is 9.01. The van der Waals surface area contributed by atoms with Crippen LogP contribution in [0.4, 0.5) is 0 Å². The van der Waals surface area contributed by atoms with Gasteiger partial charge in [0.25, 0.3) is 0 Å². The second-order valence-electron chi connectivity index (χ2n) is 3.80. The standard InChI is InChI=1S/C10H20N2O2/c1-3-14-8(2)5-12-10(13)4-9-6-11-7-9/h8-9,11H,3-7H2,1-2H3,(H,12,13). The van der Waals surface area contributed by atoms with Gasteiger partial charge < -0.3 is 15.4 Å². The SMILES string of the molecule is CCOC(C)CNC(=O)CC1CNC1. The van der Waals surface area contributed by atoms with Crippen molar-refractivity contribution in [1.29, 1.82) is 0 Å². The fourth-order valence-electron chi connectivity index (χ4n) is 1.43. The number of nitrogens with one attached hydrogen (secondary N) is 2. The molecule has 4 heteroatoms. The van der Waals surface area contributed by atoms with Gasteiger partial charge in [-0.15, -0.1) is 0 Å². The van der Waals surface area contributed by atoms with E-state index in [0.717, 1.165) is 13.1 Å². The van der Waals surface area contributed by atoms with Crippen LogP contribution in [0.3, 0.4) is 0 Å². The lowest BCUT2D eigenvalue weighted by Gasteiger charge is -2.26. The van der Waals surface area contributed by atoms with E-state index in [2.05, 4.69) is 10.6 Å². The first-order valence-corrected chi connectivity index (χ1v) is 5.31. The van der Waals surface area contributed by atoms with Crippen molar-refractivity contribution in [3.8, 4) is 0 Å². The van der Waals surface area contributed by atoms with Gasteiger partial charge in [-0.2, -0.15) is 0 Å². The molecule has 82 valence electrons. The molecule has 1 amide bonds. The van der Waals surface area contributed by atoms with Gasteiger partial charge in [-0.3, -0.25) is 4.79 Å². The predicted octanol–water partition coefficient (Wildman–Crippen LogP) is 0.137. The maximum atomic E-state index is 11.4. The van der Waals surface area contributed by atoms with E-state index in [-0.39, 0.29) is 12.0 Å². The molecule has 0 aromatic heterocycles. The fourth-order valence-corrected chi connectivity index (χ4v) is 1.43. The predicted molar refractivity (Wildman–Crippen MR) is 55.1 cm³/mol. The molecule has 1 rings (SSSR count). The van der Waals surface area contributed by atoms with E-state index in [4.69, 9.17) is 4.74 Å². The van der Waals surface area contributed by atoms with Crippen LogP contribution in [0, 0.1) is 5.92 Å². The number of carbonyl (C=O) groups is 1. The highest BCUT2D eigenvalue weighted by molar-refractivity contribution is 5.76. The smallest absolute Gasteiger partial charge is 0.220 e. The summed E-state index contributed by atoms with van der Waals surface area (Å²) in [4.78, 5) is 11.4. The summed E-state index contributed by atoms with van der Waals surface area (Å²) in [5, 5.41) is 6.02. The van der Waals surface area contributed by atoms with Crippen molar-refractivity contribution in [2.45, 2.75) is 26.4 Å². The van der Waals surface area contributed by atoms with Crippen LogP contribution < -0.4 is 10.6 Å². The monoisotopic (exact) mass is 200 g/mol. The molecule has 0 bridgehead atoms. The Morgan fingerprint density at radius 3 is 2.86 bits per heavy atom. The summed E-state index contributed by atoms with van der Waals surface area (Å²) in [7, 11) is 0. The minimum Gasteiger partial charge on any atom is -0.377 e. The summed E-state index contributed by atoms with van der Waals surface area (Å²) in [6.45, 7) is 7.20. The average Bonchev–Trinajstić information content (AvgIpc) is 2.09. The van der Waals surface area contributed by atoms with Crippen molar-refractivity contribution < 1.29 is 9.53 Å². The summed E-state index contributed by atoms with van der Waals surface area (Å²) < 4.78 is 5.31. The molecule has 1 atom stereocenters. The van der Waals surface area contributed by atoms with Gasteiger partial charge >= 0.3 is 0 Å². The zero-order chi connectivity index (χ0) is 10.4. The topological polar surface area (TPSA) is 50.4 Å². The quantitative estimate of drug-likeness (QED) is 0.641. The summed E-state index contributed by atoms with van der Waals surface area (Å²) >= 11 is 0. The highest BCUT2D eigenvalue weighted by Gasteiger charge is 2.19. The molecule has 0 aromatic rings. The Balaban J connectivity index is 2.01. The van der Waals surface area contributed by atoms with Gasteiger partial charge in [-0.05, 0) is 32.9 Å². The number of rotatable bonds is 6. The van der Waals surface area contributed by atoms with Gasteiger partial charge in [0.05, 0.1) is 6.10 Å². The summed E-state index contributed by atoms with van der Waals surface area (Å²) in [5.41, 5.74) is 0. The van der Waals surface area contributed by atoms with Crippen molar-refractivity contribution in [2.75, 3.05) is 26.2 Å². The number of hydrogen-bond donors (Lipinski definition) is 2. The molecule has 1 heterocycles. The normalized spacial score (nSPS) is 18.7. The molecule has 1 fully saturated rings. The van der Waals surface area contributed by atoms with Crippen LogP contribution in [-0.4, -0.2) is 38.3 Å². The molecule has 1 saturated heterocycles. The second-order valence-corrected chi connectivity index (χ2v) is 3.80. The van der Waals surface area contributed by atoms with Crippen LogP contribution in [-0.2, 0) is 9.53 Å². The van der Waals surface area contributed by atoms with E-state index in [9.17, 15) is 4.79 Å². The molecule has 1 unspecified atom stereocenters. The molecule has 1 aliphatic heterocycles. The van der Waals surface area contributed by atoms with Crippen molar-refractivity contribution in [3.05, 3.63) is 0 Å². The van der Waals surface area contributed by atoms with Gasteiger partial charge in [-0.1, -0.05) is 0 Å². The van der Waals surface area contributed by atoms with Crippen molar-refractivity contribution in [2.24, 2.45) is 5.92 Å².